The summed E-state index contributed by atoms with van der Waals surface area (Å²) in [7, 11) is 0. The average molecular weight is 363 g/mol. The lowest BCUT2D eigenvalue weighted by molar-refractivity contribution is 0.0941. The van der Waals surface area contributed by atoms with Gasteiger partial charge in [0, 0.05) is 57.2 Å². The molecule has 0 aromatic carbocycles. The Bertz CT molecular complexity index is 881. The molecule has 1 amide bonds. The number of carbonyl (C=O) groups excluding carboxylic acids is 1. The number of fused-ring (bicyclic) bond motifs is 1. The summed E-state index contributed by atoms with van der Waals surface area (Å²) in [5.41, 5.74) is 2.77. The molecule has 0 spiro atoms. The minimum atomic E-state index is -0.201. The lowest BCUT2D eigenvalue weighted by Gasteiger charge is -2.34. The van der Waals surface area contributed by atoms with Gasteiger partial charge in [-0.25, -0.2) is 4.98 Å². The molecule has 4 heterocycles. The van der Waals surface area contributed by atoms with Crippen molar-refractivity contribution >= 4 is 5.91 Å². The molecular formula is C19H21N7O. The Hall–Kier alpha value is -3.13. The molecule has 0 saturated carbocycles. The molecule has 0 aliphatic carbocycles. The first-order chi connectivity index (χ1) is 13.3. The zero-order valence-electron chi connectivity index (χ0n) is 14.9. The van der Waals surface area contributed by atoms with Crippen molar-refractivity contribution in [3.05, 3.63) is 72.3 Å². The van der Waals surface area contributed by atoms with Crippen molar-refractivity contribution in [3.8, 4) is 0 Å². The lowest BCUT2D eigenvalue weighted by Crippen LogP contribution is -2.39. The molecule has 3 aromatic heterocycles. The van der Waals surface area contributed by atoms with Gasteiger partial charge in [0.25, 0.3) is 5.91 Å². The van der Waals surface area contributed by atoms with Crippen LogP contribution in [0.2, 0.25) is 0 Å². The zero-order chi connectivity index (χ0) is 18.5. The standard InChI is InChI=1S/C19H21N7O/c27-19(18-11-21-9-10-22-18)23-7-3-16-13-25(12-15-1-5-20-6-2-15)14-17-4-8-24-26(16)17/h1-2,4-6,8-11,16H,3,7,12-14H2,(H,23,27)/t16-/m0/s1. The minimum Gasteiger partial charge on any atom is -0.351 e. The van der Waals surface area contributed by atoms with Crippen LogP contribution in [0.3, 0.4) is 0 Å². The van der Waals surface area contributed by atoms with Gasteiger partial charge in [-0.05, 0) is 30.2 Å². The van der Waals surface area contributed by atoms with Crippen LogP contribution >= 0.6 is 0 Å². The smallest absolute Gasteiger partial charge is 0.271 e. The summed E-state index contributed by atoms with van der Waals surface area (Å²) < 4.78 is 2.08. The van der Waals surface area contributed by atoms with Crippen LogP contribution < -0.4 is 5.32 Å². The number of amides is 1. The van der Waals surface area contributed by atoms with Gasteiger partial charge in [-0.3, -0.25) is 24.3 Å². The van der Waals surface area contributed by atoms with E-state index in [4.69, 9.17) is 0 Å². The molecule has 8 nitrogen and oxygen atoms in total. The van der Waals surface area contributed by atoms with Crippen LogP contribution in [0.25, 0.3) is 0 Å². The first kappa shape index (κ1) is 17.3. The highest BCUT2D eigenvalue weighted by Gasteiger charge is 2.25. The fourth-order valence-electron chi connectivity index (χ4n) is 3.40. The largest absolute Gasteiger partial charge is 0.351 e. The maximum Gasteiger partial charge on any atom is 0.271 e. The van der Waals surface area contributed by atoms with Gasteiger partial charge in [-0.1, -0.05) is 0 Å². The Morgan fingerprint density at radius 3 is 2.81 bits per heavy atom. The van der Waals surface area contributed by atoms with Crippen LogP contribution in [-0.4, -0.2) is 48.6 Å². The molecule has 0 fully saturated rings. The Kier molecular flexibility index (Phi) is 5.15. The molecule has 1 atom stereocenters. The van der Waals surface area contributed by atoms with E-state index in [1.165, 1.54) is 23.7 Å². The molecule has 1 N–H and O–H groups in total. The van der Waals surface area contributed by atoms with Gasteiger partial charge < -0.3 is 5.32 Å². The molecule has 0 radical (unpaired) electrons. The summed E-state index contributed by atoms with van der Waals surface area (Å²) in [6, 6.07) is 6.36. The number of hydrogen-bond donors (Lipinski definition) is 1. The first-order valence-electron chi connectivity index (χ1n) is 8.97. The molecule has 0 saturated heterocycles. The van der Waals surface area contributed by atoms with Crippen LogP contribution in [0, 0.1) is 0 Å². The van der Waals surface area contributed by atoms with E-state index in [1.807, 2.05) is 30.7 Å². The third kappa shape index (κ3) is 4.17. The van der Waals surface area contributed by atoms with Crippen LogP contribution in [0.15, 0.2) is 55.4 Å². The second-order valence-corrected chi connectivity index (χ2v) is 6.58. The molecule has 1 aliphatic rings. The highest BCUT2D eigenvalue weighted by molar-refractivity contribution is 5.91. The van der Waals surface area contributed by atoms with E-state index >= 15 is 0 Å². The lowest BCUT2D eigenvalue weighted by atomic mass is 10.1. The highest BCUT2D eigenvalue weighted by atomic mass is 16.1. The number of nitrogens with one attached hydrogen (secondary N) is 1. The molecule has 4 rings (SSSR count). The number of carbonyl (C=O) groups is 1. The van der Waals surface area contributed by atoms with Crippen molar-refractivity contribution in [2.75, 3.05) is 13.1 Å². The Labute approximate surface area is 157 Å². The predicted octanol–water partition coefficient (Wildman–Crippen LogP) is 1.45. The summed E-state index contributed by atoms with van der Waals surface area (Å²) in [5, 5.41) is 7.41. The van der Waals surface area contributed by atoms with E-state index in [0.717, 1.165) is 26.1 Å². The van der Waals surface area contributed by atoms with E-state index < -0.39 is 0 Å². The fourth-order valence-corrected chi connectivity index (χ4v) is 3.40. The van der Waals surface area contributed by atoms with Gasteiger partial charge in [0.05, 0.1) is 17.9 Å². The van der Waals surface area contributed by atoms with E-state index in [9.17, 15) is 4.79 Å². The number of pyridine rings is 1. The fraction of sp³-hybridized carbons (Fsp3) is 0.316. The molecule has 3 aromatic rings. The van der Waals surface area contributed by atoms with Crippen LogP contribution in [0.5, 0.6) is 0 Å². The molecule has 8 heteroatoms. The number of nitrogens with zero attached hydrogens (tertiary/aromatic N) is 6. The average Bonchev–Trinajstić information content (AvgIpc) is 3.18. The van der Waals surface area contributed by atoms with Crippen molar-refractivity contribution in [1.82, 2.24) is 34.9 Å². The number of rotatable bonds is 6. The summed E-state index contributed by atoms with van der Waals surface area (Å²) in [6.45, 7) is 3.18. The SMILES string of the molecule is O=C(NCC[C@H]1CN(Cc2ccncc2)Cc2ccnn21)c1cnccn1. The van der Waals surface area contributed by atoms with Crippen molar-refractivity contribution in [1.29, 1.82) is 0 Å². The highest BCUT2D eigenvalue weighted by Crippen LogP contribution is 2.24. The second kappa shape index (κ2) is 8.05. The first-order valence-corrected chi connectivity index (χ1v) is 8.97. The summed E-state index contributed by atoms with van der Waals surface area (Å²) in [6.07, 6.45) is 10.8. The second-order valence-electron chi connectivity index (χ2n) is 6.58. The van der Waals surface area contributed by atoms with Crippen molar-refractivity contribution in [3.63, 3.8) is 0 Å². The maximum absolute atomic E-state index is 12.1. The Morgan fingerprint density at radius 2 is 2.00 bits per heavy atom. The molecular weight excluding hydrogens is 342 g/mol. The van der Waals surface area contributed by atoms with E-state index in [0.29, 0.717) is 12.2 Å². The molecule has 0 unspecified atom stereocenters. The van der Waals surface area contributed by atoms with E-state index in [1.54, 1.807) is 6.20 Å². The van der Waals surface area contributed by atoms with Crippen LogP contribution in [-0.2, 0) is 13.1 Å². The van der Waals surface area contributed by atoms with Gasteiger partial charge in [-0.2, -0.15) is 5.10 Å². The van der Waals surface area contributed by atoms with E-state index in [-0.39, 0.29) is 11.9 Å². The quantitative estimate of drug-likeness (QED) is 0.713. The van der Waals surface area contributed by atoms with Crippen molar-refractivity contribution in [2.45, 2.75) is 25.6 Å². The monoisotopic (exact) mass is 363 g/mol. The molecule has 1 aliphatic heterocycles. The normalized spacial score (nSPS) is 16.7. The van der Waals surface area contributed by atoms with Gasteiger partial charge in [0.1, 0.15) is 5.69 Å². The van der Waals surface area contributed by atoms with Crippen LogP contribution in [0.1, 0.15) is 34.2 Å². The third-order valence-electron chi connectivity index (χ3n) is 4.67. The summed E-state index contributed by atoms with van der Waals surface area (Å²) in [5.74, 6) is -0.201. The minimum absolute atomic E-state index is 0.201. The van der Waals surface area contributed by atoms with E-state index in [2.05, 4.69) is 41.0 Å². The molecule has 27 heavy (non-hydrogen) atoms. The number of hydrogen-bond acceptors (Lipinski definition) is 6. The summed E-state index contributed by atoms with van der Waals surface area (Å²) in [4.78, 5) is 26.6. The predicted molar refractivity (Wildman–Crippen MR) is 98.6 cm³/mol. The number of aromatic nitrogens is 5. The Morgan fingerprint density at radius 1 is 1.11 bits per heavy atom. The van der Waals surface area contributed by atoms with Crippen molar-refractivity contribution < 1.29 is 4.79 Å². The topological polar surface area (TPSA) is 88.8 Å². The van der Waals surface area contributed by atoms with Crippen molar-refractivity contribution in [2.24, 2.45) is 0 Å². The third-order valence-corrected chi connectivity index (χ3v) is 4.67. The van der Waals surface area contributed by atoms with Gasteiger partial charge in [0.2, 0.25) is 0 Å². The van der Waals surface area contributed by atoms with Crippen LogP contribution in [0.4, 0.5) is 0 Å². The molecule has 138 valence electrons. The Balaban J connectivity index is 1.37. The summed E-state index contributed by atoms with van der Waals surface area (Å²) >= 11 is 0. The van der Waals surface area contributed by atoms with Gasteiger partial charge >= 0.3 is 0 Å². The maximum atomic E-state index is 12.1. The zero-order valence-corrected chi connectivity index (χ0v) is 14.9. The van der Waals surface area contributed by atoms with Gasteiger partial charge in [0.15, 0.2) is 0 Å². The van der Waals surface area contributed by atoms with Gasteiger partial charge in [-0.15, -0.1) is 0 Å². The molecule has 0 bridgehead atoms.